The number of anilines is 1. The highest BCUT2D eigenvalue weighted by atomic mass is 32.2. The Labute approximate surface area is 154 Å². The van der Waals surface area contributed by atoms with Crippen molar-refractivity contribution in [1.29, 1.82) is 0 Å². The normalized spacial score (nSPS) is 11.6. The zero-order valence-corrected chi connectivity index (χ0v) is 15.3. The van der Waals surface area contributed by atoms with Crippen molar-refractivity contribution < 1.29 is 21.6 Å². The highest BCUT2D eigenvalue weighted by molar-refractivity contribution is 7.92. The standard InChI is InChI=1S/C18H16F3N3O2S/c1-11-18(23-27(25,26)17-9-14(19)7-8-16(17)21)12(2)24(22-11)10-13-5-3-4-6-15(13)20/h3-9,23H,10H2,1-2H3. The molecule has 0 amide bonds. The van der Waals surface area contributed by atoms with Gasteiger partial charge in [-0.1, -0.05) is 18.2 Å². The van der Waals surface area contributed by atoms with Crippen molar-refractivity contribution >= 4 is 15.7 Å². The average molecular weight is 395 g/mol. The van der Waals surface area contributed by atoms with Gasteiger partial charge < -0.3 is 0 Å². The first-order chi connectivity index (χ1) is 12.7. The summed E-state index contributed by atoms with van der Waals surface area (Å²) in [5.41, 5.74) is 1.25. The minimum atomic E-state index is -4.37. The largest absolute Gasteiger partial charge is 0.276 e. The van der Waals surface area contributed by atoms with Crippen molar-refractivity contribution in [3.05, 3.63) is 76.9 Å². The lowest BCUT2D eigenvalue weighted by Gasteiger charge is -2.10. The van der Waals surface area contributed by atoms with Gasteiger partial charge in [-0.15, -0.1) is 0 Å². The molecule has 0 spiro atoms. The summed E-state index contributed by atoms with van der Waals surface area (Å²) in [5.74, 6) is -2.35. The molecule has 3 aromatic rings. The molecule has 142 valence electrons. The molecule has 0 radical (unpaired) electrons. The Balaban J connectivity index is 1.95. The maximum atomic E-state index is 13.9. The molecule has 0 unspecified atom stereocenters. The smallest absolute Gasteiger partial charge is 0.265 e. The number of hydrogen-bond donors (Lipinski definition) is 1. The third kappa shape index (κ3) is 3.82. The fourth-order valence-corrected chi connectivity index (χ4v) is 3.93. The van der Waals surface area contributed by atoms with E-state index in [0.717, 1.165) is 12.1 Å². The molecular weight excluding hydrogens is 379 g/mol. The summed E-state index contributed by atoms with van der Waals surface area (Å²) >= 11 is 0. The molecule has 1 N–H and O–H groups in total. The maximum Gasteiger partial charge on any atom is 0.265 e. The quantitative estimate of drug-likeness (QED) is 0.715. The van der Waals surface area contributed by atoms with Crippen molar-refractivity contribution in [2.75, 3.05) is 4.72 Å². The summed E-state index contributed by atoms with van der Waals surface area (Å²) in [6, 6.07) is 8.33. The van der Waals surface area contributed by atoms with E-state index in [-0.39, 0.29) is 12.2 Å². The molecule has 2 aromatic carbocycles. The van der Waals surface area contributed by atoms with E-state index < -0.39 is 32.4 Å². The minimum absolute atomic E-state index is 0.0927. The van der Waals surface area contributed by atoms with Crippen LogP contribution in [0.15, 0.2) is 47.4 Å². The molecule has 3 rings (SSSR count). The van der Waals surface area contributed by atoms with Crippen molar-refractivity contribution in [2.45, 2.75) is 25.3 Å². The van der Waals surface area contributed by atoms with E-state index in [1.807, 2.05) is 0 Å². The average Bonchev–Trinajstić information content (AvgIpc) is 2.86. The van der Waals surface area contributed by atoms with Crippen molar-refractivity contribution in [1.82, 2.24) is 9.78 Å². The molecule has 0 atom stereocenters. The predicted octanol–water partition coefficient (Wildman–Crippen LogP) is 3.77. The molecule has 0 saturated heterocycles. The van der Waals surface area contributed by atoms with Crippen LogP contribution < -0.4 is 4.72 Å². The highest BCUT2D eigenvalue weighted by Crippen LogP contribution is 2.25. The van der Waals surface area contributed by atoms with Gasteiger partial charge in [0, 0.05) is 5.56 Å². The van der Waals surface area contributed by atoms with Gasteiger partial charge in [0.25, 0.3) is 10.0 Å². The van der Waals surface area contributed by atoms with Crippen LogP contribution in [0.1, 0.15) is 17.0 Å². The summed E-state index contributed by atoms with van der Waals surface area (Å²) in [7, 11) is -4.37. The lowest BCUT2D eigenvalue weighted by atomic mass is 10.2. The molecule has 0 aliphatic rings. The van der Waals surface area contributed by atoms with Crippen LogP contribution in [0.5, 0.6) is 0 Å². The van der Waals surface area contributed by atoms with E-state index >= 15 is 0 Å². The van der Waals surface area contributed by atoms with Crippen molar-refractivity contribution in [2.24, 2.45) is 0 Å². The second-order valence-corrected chi connectivity index (χ2v) is 7.63. The van der Waals surface area contributed by atoms with Gasteiger partial charge in [-0.05, 0) is 38.1 Å². The van der Waals surface area contributed by atoms with Crippen LogP contribution in [-0.4, -0.2) is 18.2 Å². The summed E-state index contributed by atoms with van der Waals surface area (Å²) in [4.78, 5) is -0.803. The lowest BCUT2D eigenvalue weighted by molar-refractivity contribution is 0.555. The third-order valence-electron chi connectivity index (χ3n) is 4.08. The van der Waals surface area contributed by atoms with Gasteiger partial charge in [-0.3, -0.25) is 9.40 Å². The summed E-state index contributed by atoms with van der Waals surface area (Å²) in [6.45, 7) is 3.25. The number of aryl methyl sites for hydroxylation is 1. The van der Waals surface area contributed by atoms with Gasteiger partial charge in [-0.25, -0.2) is 21.6 Å². The van der Waals surface area contributed by atoms with Gasteiger partial charge in [0.15, 0.2) is 0 Å². The fourth-order valence-electron chi connectivity index (χ4n) is 2.66. The lowest BCUT2D eigenvalue weighted by Crippen LogP contribution is -2.16. The summed E-state index contributed by atoms with van der Waals surface area (Å²) < 4.78 is 69.7. The highest BCUT2D eigenvalue weighted by Gasteiger charge is 2.24. The number of rotatable bonds is 5. The molecule has 9 heteroatoms. The number of aromatic nitrogens is 2. The van der Waals surface area contributed by atoms with Crippen LogP contribution in [-0.2, 0) is 16.6 Å². The first-order valence-electron chi connectivity index (χ1n) is 7.94. The van der Waals surface area contributed by atoms with Gasteiger partial charge in [0.05, 0.1) is 23.6 Å². The zero-order valence-electron chi connectivity index (χ0n) is 14.5. The van der Waals surface area contributed by atoms with Crippen LogP contribution in [0.2, 0.25) is 0 Å². The Morgan fingerprint density at radius 3 is 2.44 bits per heavy atom. The van der Waals surface area contributed by atoms with E-state index in [4.69, 9.17) is 0 Å². The summed E-state index contributed by atoms with van der Waals surface area (Å²) in [5, 5.41) is 4.22. The number of sulfonamides is 1. The van der Waals surface area contributed by atoms with Crippen LogP contribution in [0, 0.1) is 31.3 Å². The Kier molecular flexibility index (Phi) is 4.97. The molecule has 0 fully saturated rings. The fraction of sp³-hybridized carbons (Fsp3) is 0.167. The second kappa shape index (κ2) is 7.07. The van der Waals surface area contributed by atoms with Crippen LogP contribution >= 0.6 is 0 Å². The molecular formula is C18H16F3N3O2S. The van der Waals surface area contributed by atoms with E-state index in [9.17, 15) is 21.6 Å². The number of nitrogens with one attached hydrogen (secondary N) is 1. The number of hydrogen-bond acceptors (Lipinski definition) is 3. The van der Waals surface area contributed by atoms with E-state index in [2.05, 4.69) is 9.82 Å². The molecule has 27 heavy (non-hydrogen) atoms. The zero-order chi connectivity index (χ0) is 19.8. The Morgan fingerprint density at radius 2 is 1.74 bits per heavy atom. The molecule has 0 aliphatic heterocycles. The van der Waals surface area contributed by atoms with Gasteiger partial charge >= 0.3 is 0 Å². The molecule has 1 heterocycles. The molecule has 5 nitrogen and oxygen atoms in total. The van der Waals surface area contributed by atoms with Gasteiger partial charge in [0.1, 0.15) is 22.3 Å². The number of benzene rings is 2. The maximum absolute atomic E-state index is 13.9. The molecule has 0 aliphatic carbocycles. The Hall–Kier alpha value is -2.81. The summed E-state index contributed by atoms with van der Waals surface area (Å²) in [6.07, 6.45) is 0. The first-order valence-corrected chi connectivity index (χ1v) is 9.42. The monoisotopic (exact) mass is 395 g/mol. The van der Waals surface area contributed by atoms with E-state index in [1.165, 1.54) is 10.7 Å². The third-order valence-corrected chi connectivity index (χ3v) is 5.44. The molecule has 0 saturated carbocycles. The number of halogens is 3. The number of nitrogens with zero attached hydrogens (tertiary/aromatic N) is 2. The minimum Gasteiger partial charge on any atom is -0.276 e. The van der Waals surface area contributed by atoms with Gasteiger partial charge in [-0.2, -0.15) is 5.10 Å². The molecule has 1 aromatic heterocycles. The Morgan fingerprint density at radius 1 is 1.04 bits per heavy atom. The van der Waals surface area contributed by atoms with Crippen molar-refractivity contribution in [3.8, 4) is 0 Å². The van der Waals surface area contributed by atoms with Crippen LogP contribution in [0.3, 0.4) is 0 Å². The predicted molar refractivity (Wildman–Crippen MR) is 94.4 cm³/mol. The van der Waals surface area contributed by atoms with Crippen molar-refractivity contribution in [3.63, 3.8) is 0 Å². The topological polar surface area (TPSA) is 64.0 Å². The van der Waals surface area contributed by atoms with Gasteiger partial charge in [0.2, 0.25) is 0 Å². The SMILES string of the molecule is Cc1nn(Cc2ccccc2F)c(C)c1NS(=O)(=O)c1cc(F)ccc1F. The van der Waals surface area contributed by atoms with E-state index in [1.54, 1.807) is 32.0 Å². The molecule has 0 bridgehead atoms. The second-order valence-electron chi connectivity index (χ2n) is 5.98. The van der Waals surface area contributed by atoms with E-state index in [0.29, 0.717) is 23.0 Å². The Bertz CT molecular complexity index is 1110. The van der Waals surface area contributed by atoms with Crippen LogP contribution in [0.4, 0.5) is 18.9 Å². The van der Waals surface area contributed by atoms with Crippen LogP contribution in [0.25, 0.3) is 0 Å². The first kappa shape index (κ1) is 19.0.